The molecule has 0 radical (unpaired) electrons. The SMILES string of the molecule is CC(C)(NC(=O)c1ccoc1)C(C)(C)C(=O)O. The van der Waals surface area contributed by atoms with Crippen LogP contribution in [0.2, 0.25) is 0 Å². The molecule has 0 aliphatic rings. The molecule has 5 heteroatoms. The second kappa shape index (κ2) is 4.24. The number of hydrogen-bond acceptors (Lipinski definition) is 3. The van der Waals surface area contributed by atoms with E-state index in [1.807, 2.05) is 0 Å². The standard InChI is InChI=1S/C12H17NO4/c1-11(2,10(15)16)12(3,4)13-9(14)8-5-6-17-7-8/h5-7H,1-4H3,(H,13,14)(H,15,16). The Hall–Kier alpha value is -1.78. The molecule has 2 N–H and O–H groups in total. The van der Waals surface area contributed by atoms with E-state index in [1.54, 1.807) is 27.7 Å². The van der Waals surface area contributed by atoms with E-state index in [-0.39, 0.29) is 5.91 Å². The van der Waals surface area contributed by atoms with Gasteiger partial charge in [0.2, 0.25) is 0 Å². The lowest BCUT2D eigenvalue weighted by Gasteiger charge is -2.38. The fourth-order valence-electron chi connectivity index (χ4n) is 1.17. The molecule has 0 atom stereocenters. The average molecular weight is 239 g/mol. The number of carbonyl (C=O) groups excluding carboxylic acids is 1. The highest BCUT2D eigenvalue weighted by atomic mass is 16.4. The van der Waals surface area contributed by atoms with Crippen LogP contribution in [0.5, 0.6) is 0 Å². The smallest absolute Gasteiger partial charge is 0.311 e. The Morgan fingerprint density at radius 2 is 1.88 bits per heavy atom. The highest BCUT2D eigenvalue weighted by Crippen LogP contribution is 2.30. The van der Waals surface area contributed by atoms with Gasteiger partial charge in [-0.25, -0.2) is 0 Å². The van der Waals surface area contributed by atoms with Gasteiger partial charge in [-0.1, -0.05) is 0 Å². The minimum Gasteiger partial charge on any atom is -0.481 e. The van der Waals surface area contributed by atoms with Crippen molar-refractivity contribution in [2.45, 2.75) is 33.2 Å². The summed E-state index contributed by atoms with van der Waals surface area (Å²) in [7, 11) is 0. The van der Waals surface area contributed by atoms with Gasteiger partial charge in [-0.05, 0) is 33.8 Å². The summed E-state index contributed by atoms with van der Waals surface area (Å²) in [6.07, 6.45) is 2.71. The minimum absolute atomic E-state index is 0.349. The van der Waals surface area contributed by atoms with Crippen LogP contribution in [0.15, 0.2) is 23.0 Å². The summed E-state index contributed by atoms with van der Waals surface area (Å²) in [6, 6.07) is 1.53. The van der Waals surface area contributed by atoms with Crippen LogP contribution in [0.1, 0.15) is 38.1 Å². The van der Waals surface area contributed by atoms with Gasteiger partial charge in [-0.3, -0.25) is 9.59 Å². The third kappa shape index (κ3) is 2.49. The van der Waals surface area contributed by atoms with E-state index in [2.05, 4.69) is 5.32 Å². The second-order valence-electron chi connectivity index (χ2n) is 5.02. The first kappa shape index (κ1) is 13.3. The maximum absolute atomic E-state index is 11.8. The average Bonchev–Trinajstić information content (AvgIpc) is 2.68. The first-order valence-corrected chi connectivity index (χ1v) is 5.26. The molecule has 0 aromatic carbocycles. The largest absolute Gasteiger partial charge is 0.481 e. The first-order chi connectivity index (χ1) is 7.68. The number of carboxylic acid groups (broad SMARTS) is 1. The fraction of sp³-hybridized carbons (Fsp3) is 0.500. The Bertz CT molecular complexity index is 418. The molecule has 1 amide bonds. The minimum atomic E-state index is -1.08. The van der Waals surface area contributed by atoms with Crippen molar-refractivity contribution < 1.29 is 19.1 Å². The monoisotopic (exact) mass is 239 g/mol. The topological polar surface area (TPSA) is 79.5 Å². The molecular weight excluding hydrogens is 222 g/mol. The maximum atomic E-state index is 11.8. The van der Waals surface area contributed by atoms with Crippen LogP contribution in [0.25, 0.3) is 0 Å². The molecule has 1 aromatic heterocycles. The van der Waals surface area contributed by atoms with Crippen molar-refractivity contribution in [3.8, 4) is 0 Å². The van der Waals surface area contributed by atoms with Gasteiger partial charge in [-0.2, -0.15) is 0 Å². The molecule has 0 spiro atoms. The Kier molecular flexibility index (Phi) is 3.31. The van der Waals surface area contributed by atoms with Crippen LogP contribution >= 0.6 is 0 Å². The lowest BCUT2D eigenvalue weighted by Crippen LogP contribution is -2.56. The van der Waals surface area contributed by atoms with Crippen LogP contribution in [0.3, 0.4) is 0 Å². The summed E-state index contributed by atoms with van der Waals surface area (Å²) in [6.45, 7) is 6.51. The van der Waals surface area contributed by atoms with E-state index in [9.17, 15) is 9.59 Å². The normalized spacial score (nSPS) is 12.2. The van der Waals surface area contributed by atoms with E-state index in [0.717, 1.165) is 0 Å². The van der Waals surface area contributed by atoms with Crippen LogP contribution < -0.4 is 5.32 Å². The summed E-state index contributed by atoms with van der Waals surface area (Å²) >= 11 is 0. The molecule has 1 heterocycles. The molecule has 1 aromatic rings. The number of furan rings is 1. The summed E-state index contributed by atoms with van der Waals surface area (Å²) in [4.78, 5) is 23.0. The van der Waals surface area contributed by atoms with Crippen LogP contribution in [0, 0.1) is 5.41 Å². The molecule has 0 aliphatic heterocycles. The Morgan fingerprint density at radius 3 is 2.29 bits per heavy atom. The first-order valence-electron chi connectivity index (χ1n) is 5.26. The number of aliphatic carboxylic acids is 1. The highest BCUT2D eigenvalue weighted by molar-refractivity contribution is 5.94. The number of hydrogen-bond donors (Lipinski definition) is 2. The van der Waals surface area contributed by atoms with Crippen molar-refractivity contribution in [3.05, 3.63) is 24.2 Å². The zero-order valence-corrected chi connectivity index (χ0v) is 10.4. The van der Waals surface area contributed by atoms with Crippen molar-refractivity contribution in [1.82, 2.24) is 5.32 Å². The number of carboxylic acids is 1. The lowest BCUT2D eigenvalue weighted by atomic mass is 9.74. The summed E-state index contributed by atoms with van der Waals surface area (Å²) < 4.78 is 4.81. The van der Waals surface area contributed by atoms with Crippen molar-refractivity contribution >= 4 is 11.9 Å². The van der Waals surface area contributed by atoms with Crippen molar-refractivity contribution in [2.75, 3.05) is 0 Å². The molecule has 0 saturated heterocycles. The number of amides is 1. The number of rotatable bonds is 4. The van der Waals surface area contributed by atoms with Crippen molar-refractivity contribution in [1.29, 1.82) is 0 Å². The Labute approximate surface area is 99.8 Å². The van der Waals surface area contributed by atoms with Crippen LogP contribution in [-0.2, 0) is 4.79 Å². The lowest BCUT2D eigenvalue weighted by molar-refractivity contribution is -0.150. The van der Waals surface area contributed by atoms with Gasteiger partial charge < -0.3 is 14.8 Å². The molecule has 17 heavy (non-hydrogen) atoms. The van der Waals surface area contributed by atoms with E-state index >= 15 is 0 Å². The molecule has 5 nitrogen and oxygen atoms in total. The van der Waals surface area contributed by atoms with Crippen LogP contribution in [0.4, 0.5) is 0 Å². The predicted molar refractivity (Wildman–Crippen MR) is 61.7 cm³/mol. The van der Waals surface area contributed by atoms with Crippen molar-refractivity contribution in [2.24, 2.45) is 5.41 Å². The van der Waals surface area contributed by atoms with E-state index in [0.29, 0.717) is 5.56 Å². The van der Waals surface area contributed by atoms with Gasteiger partial charge in [-0.15, -0.1) is 0 Å². The maximum Gasteiger partial charge on any atom is 0.311 e. The van der Waals surface area contributed by atoms with Gasteiger partial charge in [0.05, 0.1) is 22.8 Å². The second-order valence-corrected chi connectivity index (χ2v) is 5.02. The fourth-order valence-corrected chi connectivity index (χ4v) is 1.17. The molecule has 0 saturated carbocycles. The van der Waals surface area contributed by atoms with E-state index in [1.165, 1.54) is 18.6 Å². The number of nitrogens with one attached hydrogen (secondary N) is 1. The van der Waals surface area contributed by atoms with Gasteiger partial charge in [0.15, 0.2) is 0 Å². The van der Waals surface area contributed by atoms with Gasteiger partial charge >= 0.3 is 5.97 Å². The van der Waals surface area contributed by atoms with Crippen LogP contribution in [-0.4, -0.2) is 22.5 Å². The molecule has 0 bridgehead atoms. The van der Waals surface area contributed by atoms with Gasteiger partial charge in [0.25, 0.3) is 5.91 Å². The zero-order chi connectivity index (χ0) is 13.3. The molecule has 1 rings (SSSR count). The Morgan fingerprint density at radius 1 is 1.29 bits per heavy atom. The van der Waals surface area contributed by atoms with Gasteiger partial charge in [0, 0.05) is 0 Å². The Balaban J connectivity index is 2.87. The van der Waals surface area contributed by atoms with Crippen molar-refractivity contribution in [3.63, 3.8) is 0 Å². The summed E-state index contributed by atoms with van der Waals surface area (Å²) in [5, 5.41) is 11.9. The zero-order valence-electron chi connectivity index (χ0n) is 10.4. The molecular formula is C12H17NO4. The quantitative estimate of drug-likeness (QED) is 0.841. The number of carbonyl (C=O) groups is 2. The molecule has 0 fully saturated rings. The molecule has 0 aliphatic carbocycles. The predicted octanol–water partition coefficient (Wildman–Crippen LogP) is 1.90. The molecule has 94 valence electrons. The third-order valence-corrected chi connectivity index (χ3v) is 3.31. The third-order valence-electron chi connectivity index (χ3n) is 3.31. The summed E-state index contributed by atoms with van der Waals surface area (Å²) in [5.74, 6) is -1.31. The molecule has 0 unspecified atom stereocenters. The summed E-state index contributed by atoms with van der Waals surface area (Å²) in [5.41, 5.74) is -1.58. The van der Waals surface area contributed by atoms with Gasteiger partial charge in [0.1, 0.15) is 6.26 Å². The van der Waals surface area contributed by atoms with E-state index in [4.69, 9.17) is 9.52 Å². The van der Waals surface area contributed by atoms with E-state index < -0.39 is 16.9 Å². The highest BCUT2D eigenvalue weighted by Gasteiger charge is 2.44.